The van der Waals surface area contributed by atoms with Crippen LogP contribution in [-0.4, -0.2) is 68.5 Å². The van der Waals surface area contributed by atoms with Crippen LogP contribution in [0.3, 0.4) is 0 Å². The highest BCUT2D eigenvalue weighted by Crippen LogP contribution is 2.38. The SMILES string of the molecule is CCCCCCCCCC/C=C\CCCCCCCCCCCCCC(=O)NC(COP(=O)([O-])OCC[N+](C)(C)C)C(O)CCCCCCCCCCCCCCCCCCCCCCCCCCCCCCCCCCC. The number of nitrogens with one attached hydrogen (secondary N) is 1. The Labute approximate surface area is 488 Å². The lowest BCUT2D eigenvalue weighted by atomic mass is 10.0. The van der Waals surface area contributed by atoms with Gasteiger partial charge in [-0.05, 0) is 38.5 Å². The van der Waals surface area contributed by atoms with E-state index in [9.17, 15) is 19.4 Å². The zero-order valence-corrected chi connectivity index (χ0v) is 54.3. The summed E-state index contributed by atoms with van der Waals surface area (Å²) in [5.41, 5.74) is 0. The van der Waals surface area contributed by atoms with Gasteiger partial charge in [0.05, 0.1) is 39.9 Å². The fourth-order valence-corrected chi connectivity index (χ4v) is 11.8. The number of quaternary nitrogens is 1. The highest BCUT2D eigenvalue weighted by Gasteiger charge is 2.24. The minimum Gasteiger partial charge on any atom is -0.756 e. The van der Waals surface area contributed by atoms with Crippen LogP contribution in [0.4, 0.5) is 0 Å². The van der Waals surface area contributed by atoms with E-state index in [-0.39, 0.29) is 19.1 Å². The van der Waals surface area contributed by atoms with E-state index in [1.807, 2.05) is 21.1 Å². The Kier molecular flexibility index (Phi) is 60.2. The first-order chi connectivity index (χ1) is 38.0. The molecule has 0 radical (unpaired) electrons. The third kappa shape index (κ3) is 62.8. The summed E-state index contributed by atoms with van der Waals surface area (Å²) in [5.74, 6) is -0.158. The Morgan fingerprint density at radius 3 is 1.00 bits per heavy atom. The second kappa shape index (κ2) is 60.8. The predicted molar refractivity (Wildman–Crippen MR) is 339 cm³/mol. The average Bonchev–Trinajstić information content (AvgIpc) is 3.41. The van der Waals surface area contributed by atoms with Crippen molar-refractivity contribution in [3.63, 3.8) is 0 Å². The van der Waals surface area contributed by atoms with Gasteiger partial charge in [-0.2, -0.15) is 0 Å². The van der Waals surface area contributed by atoms with E-state index in [4.69, 9.17) is 9.05 Å². The number of hydrogen-bond acceptors (Lipinski definition) is 6. The number of unbranched alkanes of at least 4 members (excludes halogenated alkanes) is 51. The van der Waals surface area contributed by atoms with Crippen molar-refractivity contribution < 1.29 is 32.9 Å². The van der Waals surface area contributed by atoms with Crippen LogP contribution in [0.15, 0.2) is 12.2 Å². The maximum Gasteiger partial charge on any atom is 0.268 e. The summed E-state index contributed by atoms with van der Waals surface area (Å²) in [5, 5.41) is 14.1. The van der Waals surface area contributed by atoms with Gasteiger partial charge < -0.3 is 28.8 Å². The van der Waals surface area contributed by atoms with Crippen LogP contribution in [0.5, 0.6) is 0 Å². The molecule has 0 aromatic rings. The van der Waals surface area contributed by atoms with Gasteiger partial charge >= 0.3 is 0 Å². The summed E-state index contributed by atoms with van der Waals surface area (Å²) in [6, 6.07) is -0.800. The Morgan fingerprint density at radius 2 is 0.705 bits per heavy atom. The number of hydrogen-bond donors (Lipinski definition) is 2. The molecule has 0 saturated heterocycles. The summed E-state index contributed by atoms with van der Waals surface area (Å²) in [6.07, 6.45) is 77.2. The van der Waals surface area contributed by atoms with Crippen LogP contribution >= 0.6 is 7.82 Å². The molecule has 0 aliphatic carbocycles. The fourth-order valence-electron chi connectivity index (χ4n) is 11.0. The van der Waals surface area contributed by atoms with Crippen molar-refractivity contribution in [2.75, 3.05) is 40.9 Å². The fraction of sp³-hybridized carbons (Fsp3) is 0.957. The number of amides is 1. The van der Waals surface area contributed by atoms with Crippen LogP contribution < -0.4 is 10.2 Å². The van der Waals surface area contributed by atoms with Crippen molar-refractivity contribution in [2.24, 2.45) is 0 Å². The molecule has 9 heteroatoms. The van der Waals surface area contributed by atoms with E-state index < -0.39 is 20.0 Å². The zero-order valence-electron chi connectivity index (χ0n) is 53.4. The lowest BCUT2D eigenvalue weighted by Crippen LogP contribution is -2.46. The van der Waals surface area contributed by atoms with E-state index >= 15 is 0 Å². The van der Waals surface area contributed by atoms with E-state index in [1.54, 1.807) is 0 Å². The van der Waals surface area contributed by atoms with Crippen molar-refractivity contribution in [2.45, 2.75) is 386 Å². The van der Waals surface area contributed by atoms with Gasteiger partial charge in [0.1, 0.15) is 13.2 Å². The minimum atomic E-state index is -4.58. The van der Waals surface area contributed by atoms with Gasteiger partial charge in [-0.1, -0.05) is 341 Å². The Bertz CT molecular complexity index is 1280. The van der Waals surface area contributed by atoms with Crippen molar-refractivity contribution in [1.29, 1.82) is 0 Å². The smallest absolute Gasteiger partial charge is 0.268 e. The first-order valence-electron chi connectivity index (χ1n) is 35.0. The van der Waals surface area contributed by atoms with Gasteiger partial charge in [-0.25, -0.2) is 0 Å². The lowest BCUT2D eigenvalue weighted by Gasteiger charge is -2.30. The third-order valence-electron chi connectivity index (χ3n) is 16.5. The van der Waals surface area contributed by atoms with E-state index in [2.05, 4.69) is 31.3 Å². The molecule has 8 nitrogen and oxygen atoms in total. The molecule has 0 aliphatic heterocycles. The Hall–Kier alpha value is -0.760. The summed E-state index contributed by atoms with van der Waals surface area (Å²) < 4.78 is 23.5. The van der Waals surface area contributed by atoms with Crippen LogP contribution in [-0.2, 0) is 18.4 Å². The molecule has 0 bridgehead atoms. The third-order valence-corrected chi connectivity index (χ3v) is 17.5. The van der Waals surface area contributed by atoms with Gasteiger partial charge in [0.15, 0.2) is 0 Å². The summed E-state index contributed by atoms with van der Waals surface area (Å²) in [7, 11) is 1.32. The van der Waals surface area contributed by atoms with Gasteiger partial charge in [0, 0.05) is 6.42 Å². The molecule has 1 amide bonds. The molecule has 3 atom stereocenters. The van der Waals surface area contributed by atoms with Gasteiger partial charge in [0.25, 0.3) is 7.82 Å². The first-order valence-corrected chi connectivity index (χ1v) is 36.5. The standard InChI is InChI=1S/C69H139N2O6P/c1-6-8-10-12-14-16-18-20-22-24-26-28-30-31-32-33-34-35-36-37-38-39-41-42-44-46-48-50-52-54-56-58-60-62-68(72)67(66-77-78(74,75)76-65-64-71(3,4)5)70-69(73)63-61-59-57-55-53-51-49-47-45-43-40-29-27-25-23-21-19-17-15-13-11-9-7-2/h25,27,67-68,72H,6-24,26,28-66H2,1-5H3,(H-,70,73,74,75)/b27-25-. The number of phosphoric ester groups is 1. The minimum absolute atomic E-state index is 0.0150. The second-order valence-corrected chi connectivity index (χ2v) is 27.0. The zero-order chi connectivity index (χ0) is 57.0. The molecule has 0 aromatic carbocycles. The molecular formula is C69H139N2O6P. The van der Waals surface area contributed by atoms with E-state index in [0.717, 1.165) is 38.5 Å². The molecule has 0 aromatic heterocycles. The normalized spacial score (nSPS) is 13.7. The number of allylic oxidation sites excluding steroid dienone is 2. The van der Waals surface area contributed by atoms with Crippen LogP contribution in [0, 0.1) is 0 Å². The molecule has 0 rings (SSSR count). The van der Waals surface area contributed by atoms with E-state index in [1.165, 1.54) is 308 Å². The van der Waals surface area contributed by atoms with Crippen LogP contribution in [0.25, 0.3) is 0 Å². The summed E-state index contributed by atoms with van der Waals surface area (Å²) >= 11 is 0. The Morgan fingerprint density at radius 1 is 0.436 bits per heavy atom. The molecule has 466 valence electrons. The molecule has 0 heterocycles. The number of rotatable bonds is 66. The van der Waals surface area contributed by atoms with Gasteiger partial charge in [-0.15, -0.1) is 0 Å². The molecule has 78 heavy (non-hydrogen) atoms. The topological polar surface area (TPSA) is 108 Å². The largest absolute Gasteiger partial charge is 0.756 e. The lowest BCUT2D eigenvalue weighted by molar-refractivity contribution is -0.870. The monoisotopic (exact) mass is 1120 g/mol. The van der Waals surface area contributed by atoms with Crippen molar-refractivity contribution in [3.05, 3.63) is 12.2 Å². The second-order valence-electron chi connectivity index (χ2n) is 25.6. The predicted octanol–water partition coefficient (Wildman–Crippen LogP) is 21.5. The van der Waals surface area contributed by atoms with Crippen molar-refractivity contribution in [1.82, 2.24) is 5.32 Å². The van der Waals surface area contributed by atoms with E-state index in [0.29, 0.717) is 23.9 Å². The molecule has 0 saturated carbocycles. The Balaban J connectivity index is 3.98. The van der Waals surface area contributed by atoms with Crippen LogP contribution in [0.2, 0.25) is 0 Å². The van der Waals surface area contributed by atoms with Crippen LogP contribution in [0.1, 0.15) is 373 Å². The number of phosphoric acid groups is 1. The van der Waals surface area contributed by atoms with Gasteiger partial charge in [0.2, 0.25) is 5.91 Å². The quantitative estimate of drug-likeness (QED) is 0.0272. The molecule has 0 aliphatic rings. The number of aliphatic hydroxyl groups is 1. The molecule has 0 fully saturated rings. The average molecular weight is 1120 g/mol. The molecule has 0 spiro atoms. The highest BCUT2D eigenvalue weighted by molar-refractivity contribution is 7.45. The van der Waals surface area contributed by atoms with Gasteiger partial charge in [-0.3, -0.25) is 9.36 Å². The first kappa shape index (κ1) is 77.2. The molecular weight excluding hydrogens is 984 g/mol. The van der Waals surface area contributed by atoms with Crippen molar-refractivity contribution in [3.8, 4) is 0 Å². The number of nitrogens with zero attached hydrogens (tertiary/aromatic N) is 1. The maximum absolute atomic E-state index is 13.0. The summed E-state index contributed by atoms with van der Waals surface area (Å²) in [4.78, 5) is 25.6. The maximum atomic E-state index is 13.0. The van der Waals surface area contributed by atoms with Crippen molar-refractivity contribution >= 4 is 13.7 Å². The number of carbonyl (C=O) groups is 1. The molecule has 3 unspecified atom stereocenters. The highest BCUT2D eigenvalue weighted by atomic mass is 31.2. The molecule has 2 N–H and O–H groups in total. The number of carbonyl (C=O) groups excluding carboxylic acids is 1. The number of aliphatic hydroxyl groups excluding tert-OH is 1. The number of likely N-dealkylation sites (N-methyl/N-ethyl adjacent to an activating group) is 1. The summed E-state index contributed by atoms with van der Waals surface area (Å²) in [6.45, 7) is 4.79.